The minimum Gasteiger partial charge on any atom is -0.296 e. The second kappa shape index (κ2) is 9.01. The van der Waals surface area contributed by atoms with Crippen molar-refractivity contribution in [1.29, 1.82) is 0 Å². The van der Waals surface area contributed by atoms with Crippen LogP contribution in [0.15, 0.2) is 47.3 Å². The molecule has 3 heterocycles. The highest BCUT2D eigenvalue weighted by Gasteiger charge is 2.22. The van der Waals surface area contributed by atoms with Crippen molar-refractivity contribution in [3.8, 4) is 5.69 Å². The zero-order valence-corrected chi connectivity index (χ0v) is 20.4. The molecule has 0 radical (unpaired) electrons. The molecule has 6 nitrogen and oxygen atoms in total. The molecule has 0 unspecified atom stereocenters. The summed E-state index contributed by atoms with van der Waals surface area (Å²) in [5.74, 6) is 0.728. The zero-order chi connectivity index (χ0) is 23.8. The van der Waals surface area contributed by atoms with Crippen molar-refractivity contribution < 1.29 is 0 Å². The second-order valence-corrected chi connectivity index (χ2v) is 9.29. The number of hydrogen-bond acceptors (Lipinski definition) is 4. The number of unbranched alkanes of at least 4 members (excludes halogenated alkanes) is 4. The van der Waals surface area contributed by atoms with Crippen LogP contribution in [0, 0.1) is 20.8 Å². The largest absolute Gasteiger partial charge is 0.296 e. The Balaban J connectivity index is 1.79. The standard InChI is InChI=1S/C28H31N5O/c1-5-6-7-8-11-14-32-20(4)29-26-24(28(32)34)25-27(31-23-13-10-9-12-22(23)30-25)33(26)21-16-18(2)15-19(3)17-21/h9-10,12-13,15-17H,5-8,11,14H2,1-4H3. The molecule has 0 atom stereocenters. The van der Waals surface area contributed by atoms with Gasteiger partial charge < -0.3 is 0 Å². The monoisotopic (exact) mass is 453 g/mol. The SMILES string of the molecule is CCCCCCCn1c(C)nc2c(c1=O)c1nc3ccccc3nc1n2-c1cc(C)cc(C)c1. The number of aromatic nitrogens is 5. The van der Waals surface area contributed by atoms with Gasteiger partial charge in [0.05, 0.1) is 11.0 Å². The maximum absolute atomic E-state index is 13.8. The molecule has 0 aliphatic heterocycles. The van der Waals surface area contributed by atoms with E-state index in [4.69, 9.17) is 15.0 Å². The first-order chi connectivity index (χ1) is 16.5. The van der Waals surface area contributed by atoms with Crippen LogP contribution >= 0.6 is 0 Å². The Bertz CT molecular complexity index is 1560. The number of hydrogen-bond donors (Lipinski definition) is 0. The molecule has 0 fully saturated rings. The second-order valence-electron chi connectivity index (χ2n) is 9.29. The Labute approximate surface area is 199 Å². The average Bonchev–Trinajstić information content (AvgIpc) is 3.11. The summed E-state index contributed by atoms with van der Waals surface area (Å²) >= 11 is 0. The number of para-hydroxylation sites is 2. The summed E-state index contributed by atoms with van der Waals surface area (Å²) in [4.78, 5) is 28.7. The lowest BCUT2D eigenvalue weighted by atomic mass is 10.1. The predicted octanol–water partition coefficient (Wildman–Crippen LogP) is 6.18. The van der Waals surface area contributed by atoms with E-state index in [-0.39, 0.29) is 5.56 Å². The molecule has 0 saturated carbocycles. The first-order valence-electron chi connectivity index (χ1n) is 12.2. The topological polar surface area (TPSA) is 65.6 Å². The molecule has 6 heteroatoms. The van der Waals surface area contributed by atoms with Crippen molar-refractivity contribution in [3.05, 3.63) is 69.8 Å². The summed E-state index contributed by atoms with van der Waals surface area (Å²) < 4.78 is 3.82. The number of aryl methyl sites for hydroxylation is 3. The highest BCUT2D eigenvalue weighted by molar-refractivity contribution is 6.05. The molecule has 0 spiro atoms. The molecule has 0 aliphatic carbocycles. The van der Waals surface area contributed by atoms with Crippen molar-refractivity contribution in [2.45, 2.75) is 66.3 Å². The van der Waals surface area contributed by atoms with E-state index >= 15 is 0 Å². The maximum Gasteiger partial charge on any atom is 0.265 e. The van der Waals surface area contributed by atoms with Crippen LogP contribution in [0.25, 0.3) is 38.9 Å². The molecule has 3 aromatic heterocycles. The van der Waals surface area contributed by atoms with E-state index in [0.717, 1.165) is 46.5 Å². The third-order valence-corrected chi connectivity index (χ3v) is 6.50. The van der Waals surface area contributed by atoms with Crippen molar-refractivity contribution in [3.63, 3.8) is 0 Å². The summed E-state index contributed by atoms with van der Waals surface area (Å²) in [6.45, 7) is 8.97. The molecule has 5 aromatic rings. The van der Waals surface area contributed by atoms with Gasteiger partial charge in [-0.3, -0.25) is 13.9 Å². The molecular formula is C28H31N5O. The molecular weight excluding hydrogens is 422 g/mol. The average molecular weight is 454 g/mol. The molecule has 0 N–H and O–H groups in total. The van der Waals surface area contributed by atoms with E-state index in [2.05, 4.69) is 39.0 Å². The predicted molar refractivity (Wildman–Crippen MR) is 139 cm³/mol. The highest BCUT2D eigenvalue weighted by atomic mass is 16.1. The van der Waals surface area contributed by atoms with Crippen molar-refractivity contribution >= 4 is 33.2 Å². The van der Waals surface area contributed by atoms with Gasteiger partial charge in [-0.2, -0.15) is 0 Å². The summed E-state index contributed by atoms with van der Waals surface area (Å²) in [5.41, 5.74) is 6.71. The molecule has 2 aromatic carbocycles. The van der Waals surface area contributed by atoms with Gasteiger partial charge >= 0.3 is 0 Å². The summed E-state index contributed by atoms with van der Waals surface area (Å²) in [7, 11) is 0. The Hall–Kier alpha value is -3.54. The van der Waals surface area contributed by atoms with E-state index in [9.17, 15) is 4.79 Å². The molecule has 0 amide bonds. The van der Waals surface area contributed by atoms with Gasteiger partial charge in [-0.05, 0) is 62.6 Å². The fourth-order valence-electron chi connectivity index (χ4n) is 4.89. The van der Waals surface area contributed by atoms with Gasteiger partial charge in [-0.15, -0.1) is 0 Å². The van der Waals surface area contributed by atoms with Gasteiger partial charge in [0.25, 0.3) is 5.56 Å². The molecule has 34 heavy (non-hydrogen) atoms. The lowest BCUT2D eigenvalue weighted by Gasteiger charge is -2.12. The van der Waals surface area contributed by atoms with Gasteiger partial charge in [0.2, 0.25) is 0 Å². The van der Waals surface area contributed by atoms with Crippen LogP contribution in [0.3, 0.4) is 0 Å². The van der Waals surface area contributed by atoms with E-state index in [1.165, 1.54) is 19.3 Å². The van der Waals surface area contributed by atoms with Crippen LogP contribution in [0.4, 0.5) is 0 Å². The van der Waals surface area contributed by atoms with E-state index < -0.39 is 0 Å². The van der Waals surface area contributed by atoms with Gasteiger partial charge in [-0.1, -0.05) is 50.8 Å². The van der Waals surface area contributed by atoms with Gasteiger partial charge in [0.1, 0.15) is 16.7 Å². The van der Waals surface area contributed by atoms with E-state index in [1.807, 2.05) is 40.3 Å². The number of fused-ring (bicyclic) bond motifs is 4. The Morgan fingerprint density at radius 1 is 0.794 bits per heavy atom. The van der Waals surface area contributed by atoms with Crippen LogP contribution in [0.1, 0.15) is 56.0 Å². The van der Waals surface area contributed by atoms with Crippen molar-refractivity contribution in [1.82, 2.24) is 24.1 Å². The van der Waals surface area contributed by atoms with Crippen LogP contribution in [0.2, 0.25) is 0 Å². The van der Waals surface area contributed by atoms with Crippen LogP contribution in [-0.4, -0.2) is 24.1 Å². The first-order valence-corrected chi connectivity index (χ1v) is 12.2. The fraction of sp³-hybridized carbons (Fsp3) is 0.357. The number of nitrogens with zero attached hydrogens (tertiary/aromatic N) is 5. The quantitative estimate of drug-likeness (QED) is 0.276. The first kappa shape index (κ1) is 22.3. The van der Waals surface area contributed by atoms with E-state index in [1.54, 1.807) is 0 Å². The van der Waals surface area contributed by atoms with Crippen molar-refractivity contribution in [2.24, 2.45) is 0 Å². The van der Waals surface area contributed by atoms with Crippen molar-refractivity contribution in [2.75, 3.05) is 0 Å². The van der Waals surface area contributed by atoms with Crippen LogP contribution < -0.4 is 5.56 Å². The minimum atomic E-state index is -0.0318. The third kappa shape index (κ3) is 3.87. The summed E-state index contributed by atoms with van der Waals surface area (Å²) in [6, 6.07) is 14.2. The Morgan fingerprint density at radius 3 is 2.18 bits per heavy atom. The molecule has 5 rings (SSSR count). The number of rotatable bonds is 7. The fourth-order valence-corrected chi connectivity index (χ4v) is 4.89. The van der Waals surface area contributed by atoms with Gasteiger partial charge in [0.15, 0.2) is 11.3 Å². The number of benzene rings is 2. The molecule has 0 aliphatic rings. The van der Waals surface area contributed by atoms with Gasteiger partial charge in [0, 0.05) is 12.2 Å². The smallest absolute Gasteiger partial charge is 0.265 e. The van der Waals surface area contributed by atoms with E-state index in [0.29, 0.717) is 28.7 Å². The maximum atomic E-state index is 13.8. The van der Waals surface area contributed by atoms with Gasteiger partial charge in [-0.25, -0.2) is 15.0 Å². The normalized spacial score (nSPS) is 11.8. The summed E-state index contributed by atoms with van der Waals surface area (Å²) in [5, 5.41) is 0.548. The Kier molecular flexibility index (Phi) is 5.90. The molecule has 0 bridgehead atoms. The lowest BCUT2D eigenvalue weighted by Crippen LogP contribution is -2.24. The van der Waals surface area contributed by atoms with Crippen LogP contribution in [-0.2, 0) is 6.54 Å². The van der Waals surface area contributed by atoms with Crippen LogP contribution in [0.5, 0.6) is 0 Å². The minimum absolute atomic E-state index is 0.0318. The highest BCUT2D eigenvalue weighted by Crippen LogP contribution is 2.29. The Morgan fingerprint density at radius 2 is 1.47 bits per heavy atom. The lowest BCUT2D eigenvalue weighted by molar-refractivity contribution is 0.546. The molecule has 0 saturated heterocycles. The third-order valence-electron chi connectivity index (χ3n) is 6.50. The summed E-state index contributed by atoms with van der Waals surface area (Å²) in [6.07, 6.45) is 5.72. The molecule has 174 valence electrons. The zero-order valence-electron chi connectivity index (χ0n) is 20.4.